The summed E-state index contributed by atoms with van der Waals surface area (Å²) in [7, 11) is 2.58. The number of carboxylic acids is 2. The van der Waals surface area contributed by atoms with E-state index in [-0.39, 0.29) is 59.1 Å². The van der Waals surface area contributed by atoms with Crippen LogP contribution in [-0.4, -0.2) is 106 Å². The first-order valence-electron chi connectivity index (χ1n) is 13.5. The highest BCUT2D eigenvalue weighted by Gasteiger charge is 2.82. The number of hydrogen-bond donors (Lipinski definition) is 2. The molecule has 0 aliphatic carbocycles. The van der Waals surface area contributed by atoms with Gasteiger partial charge in [-0.15, -0.1) is 0 Å². The molecule has 0 rings (SSSR count). The van der Waals surface area contributed by atoms with Crippen molar-refractivity contribution in [2.45, 2.75) is 91.6 Å². The molecule has 13 nitrogen and oxygen atoms in total. The highest BCUT2D eigenvalue weighted by Crippen LogP contribution is 2.58. The van der Waals surface area contributed by atoms with Crippen LogP contribution in [0.3, 0.4) is 0 Å². The topological polar surface area (TPSA) is 158 Å². The average molecular weight is 571 g/mol. The number of aliphatic carboxylic acids is 2. The Balaban J connectivity index is 8.41. The van der Waals surface area contributed by atoms with Crippen LogP contribution in [0.1, 0.15) is 67.7 Å². The minimum atomic E-state index is -2.48. The van der Waals surface area contributed by atoms with Crippen molar-refractivity contribution in [1.82, 2.24) is 0 Å². The maximum absolute atomic E-state index is 13.9. The maximum Gasteiger partial charge on any atom is 0.341 e. The molecule has 39 heavy (non-hydrogen) atoms. The first-order chi connectivity index (χ1) is 18.6. The summed E-state index contributed by atoms with van der Waals surface area (Å²) in [6, 6.07) is 0. The number of methoxy groups -OCH3 is 2. The van der Waals surface area contributed by atoms with E-state index in [1.165, 1.54) is 14.2 Å². The van der Waals surface area contributed by atoms with Crippen LogP contribution in [0.5, 0.6) is 0 Å². The fraction of sp³-hybridized carbons (Fsp3) is 0.923. The number of rotatable bonds is 25. The summed E-state index contributed by atoms with van der Waals surface area (Å²) < 4.78 is 54.5. The number of ether oxygens (including phenoxy) is 9. The van der Waals surface area contributed by atoms with Crippen molar-refractivity contribution >= 4 is 11.9 Å². The van der Waals surface area contributed by atoms with Gasteiger partial charge in [-0.25, -0.2) is 0 Å². The van der Waals surface area contributed by atoms with Crippen LogP contribution in [0.2, 0.25) is 0 Å². The molecule has 0 aliphatic heterocycles. The molecule has 0 aliphatic rings. The zero-order valence-corrected chi connectivity index (χ0v) is 25.0. The summed E-state index contributed by atoms with van der Waals surface area (Å²) in [6.45, 7) is 11.4. The van der Waals surface area contributed by atoms with Crippen molar-refractivity contribution in [3.8, 4) is 0 Å². The van der Waals surface area contributed by atoms with Crippen molar-refractivity contribution < 1.29 is 62.4 Å². The quantitative estimate of drug-likeness (QED) is 0.154. The van der Waals surface area contributed by atoms with Gasteiger partial charge < -0.3 is 52.8 Å². The van der Waals surface area contributed by atoms with Crippen LogP contribution in [0.4, 0.5) is 0 Å². The third-order valence-corrected chi connectivity index (χ3v) is 6.06. The Morgan fingerprint density at radius 1 is 0.692 bits per heavy atom. The molecule has 0 aromatic carbocycles. The highest BCUT2D eigenvalue weighted by atomic mass is 16.9. The Hall–Kier alpha value is -1.42. The molecular weight excluding hydrogens is 520 g/mol. The molecule has 0 amide bonds. The van der Waals surface area contributed by atoms with Gasteiger partial charge in [0.2, 0.25) is 12.1 Å². The van der Waals surface area contributed by atoms with Crippen molar-refractivity contribution in [2.24, 2.45) is 5.41 Å². The van der Waals surface area contributed by atoms with Crippen LogP contribution < -0.4 is 0 Å². The molecule has 232 valence electrons. The second-order valence-electron chi connectivity index (χ2n) is 8.12. The van der Waals surface area contributed by atoms with Gasteiger partial charge in [-0.3, -0.25) is 9.59 Å². The lowest BCUT2D eigenvalue weighted by Gasteiger charge is -2.60. The Morgan fingerprint density at radius 2 is 1.15 bits per heavy atom. The smallest absolute Gasteiger partial charge is 0.341 e. The van der Waals surface area contributed by atoms with Gasteiger partial charge in [0.25, 0.3) is 5.79 Å². The molecule has 2 unspecified atom stereocenters. The Bertz CT molecular complexity index is 683. The van der Waals surface area contributed by atoms with E-state index in [0.29, 0.717) is 0 Å². The SMILES string of the molecule is CCOC(OC)C(OCC)(OCC)C(CCCC(=O)O)(C(=O)O)C(OCC)(OCC)C(OC)(OCC)OCC. The third-order valence-electron chi connectivity index (χ3n) is 6.06. The lowest BCUT2D eigenvalue weighted by Crippen LogP contribution is -2.81. The Kier molecular flexibility index (Phi) is 17.4. The lowest BCUT2D eigenvalue weighted by atomic mass is 9.65. The van der Waals surface area contributed by atoms with Crippen LogP contribution in [0.25, 0.3) is 0 Å². The van der Waals surface area contributed by atoms with Crippen LogP contribution in [-0.2, 0) is 52.2 Å². The van der Waals surface area contributed by atoms with Crippen LogP contribution in [0, 0.1) is 5.41 Å². The summed E-state index contributed by atoms with van der Waals surface area (Å²) in [5.41, 5.74) is -2.48. The monoisotopic (exact) mass is 570 g/mol. The second-order valence-corrected chi connectivity index (χ2v) is 8.12. The minimum Gasteiger partial charge on any atom is -0.481 e. The molecular formula is C26H50O13. The third kappa shape index (κ3) is 7.46. The van der Waals surface area contributed by atoms with Crippen LogP contribution in [0.15, 0.2) is 0 Å². The van der Waals surface area contributed by atoms with Gasteiger partial charge in [0.05, 0.1) is 0 Å². The first kappa shape index (κ1) is 37.6. The van der Waals surface area contributed by atoms with Crippen molar-refractivity contribution in [3.63, 3.8) is 0 Å². The lowest BCUT2D eigenvalue weighted by molar-refractivity contribution is -0.539. The molecule has 2 N–H and O–H groups in total. The number of carboxylic acid groups (broad SMARTS) is 2. The van der Waals surface area contributed by atoms with Crippen molar-refractivity contribution in [2.75, 3.05) is 60.5 Å². The average Bonchev–Trinajstić information content (AvgIpc) is 2.89. The maximum atomic E-state index is 13.9. The molecule has 0 saturated carbocycles. The van der Waals surface area contributed by atoms with E-state index in [1.54, 1.807) is 48.5 Å². The van der Waals surface area contributed by atoms with E-state index in [2.05, 4.69) is 0 Å². The van der Waals surface area contributed by atoms with Crippen molar-refractivity contribution in [3.05, 3.63) is 0 Å². The summed E-state index contributed by atoms with van der Waals surface area (Å²) >= 11 is 0. The van der Waals surface area contributed by atoms with Gasteiger partial charge in [-0.05, 0) is 61.3 Å². The summed E-state index contributed by atoms with van der Waals surface area (Å²) in [6.07, 6.45) is -2.42. The molecule has 2 atom stereocenters. The summed E-state index contributed by atoms with van der Waals surface area (Å²) in [5.74, 6) is -9.72. The molecule has 13 heteroatoms. The second kappa shape index (κ2) is 18.1. The predicted molar refractivity (Wildman–Crippen MR) is 139 cm³/mol. The largest absolute Gasteiger partial charge is 0.481 e. The molecule has 0 bridgehead atoms. The van der Waals surface area contributed by atoms with E-state index in [0.717, 1.165) is 0 Å². The van der Waals surface area contributed by atoms with Gasteiger partial charge in [-0.1, -0.05) is 0 Å². The minimum absolute atomic E-state index is 0.00397. The van der Waals surface area contributed by atoms with Gasteiger partial charge >= 0.3 is 17.9 Å². The zero-order chi connectivity index (χ0) is 30.2. The van der Waals surface area contributed by atoms with E-state index < -0.39 is 47.6 Å². The normalized spacial score (nSPS) is 15.2. The van der Waals surface area contributed by atoms with Gasteiger partial charge in [0.1, 0.15) is 0 Å². The van der Waals surface area contributed by atoms with Gasteiger partial charge in [-0.2, -0.15) is 0 Å². The van der Waals surface area contributed by atoms with E-state index in [9.17, 15) is 19.8 Å². The Morgan fingerprint density at radius 3 is 1.46 bits per heavy atom. The first-order valence-corrected chi connectivity index (χ1v) is 13.5. The molecule has 0 fully saturated rings. The van der Waals surface area contributed by atoms with Crippen molar-refractivity contribution in [1.29, 1.82) is 0 Å². The van der Waals surface area contributed by atoms with Gasteiger partial charge in [0.15, 0.2) is 5.41 Å². The fourth-order valence-electron chi connectivity index (χ4n) is 5.00. The van der Waals surface area contributed by atoms with E-state index in [1.807, 2.05) is 0 Å². The highest BCUT2D eigenvalue weighted by molar-refractivity contribution is 5.78. The predicted octanol–water partition coefficient (Wildman–Crippen LogP) is 3.23. The summed E-state index contributed by atoms with van der Waals surface area (Å²) in [5, 5.41) is 20.8. The Labute approximate surface area is 232 Å². The molecule has 0 aromatic heterocycles. The van der Waals surface area contributed by atoms with E-state index >= 15 is 0 Å². The molecule has 0 spiro atoms. The molecule has 0 aromatic rings. The van der Waals surface area contributed by atoms with E-state index in [4.69, 9.17) is 42.6 Å². The number of carbonyl (C=O) groups is 2. The molecule has 0 saturated heterocycles. The van der Waals surface area contributed by atoms with Gasteiger partial charge in [0, 0.05) is 66.9 Å². The molecule has 0 heterocycles. The molecule has 0 radical (unpaired) electrons. The number of hydrogen-bond acceptors (Lipinski definition) is 11. The standard InChI is InChI=1S/C26H50O13/c1-10-33-22(31-8)24(34-11-2,35-12-3)23(21(29)30,19-17-18-20(27)28)25(36-13-4,37-14-5)26(32-9,38-15-6)39-16-7/h22H,10-19H2,1-9H3,(H,27,28)(H,29,30). The zero-order valence-electron chi connectivity index (χ0n) is 25.0. The fourth-order valence-corrected chi connectivity index (χ4v) is 5.00. The van der Waals surface area contributed by atoms with Crippen LogP contribution >= 0.6 is 0 Å². The summed E-state index contributed by atoms with van der Waals surface area (Å²) in [4.78, 5) is 25.6.